The summed E-state index contributed by atoms with van der Waals surface area (Å²) in [5.41, 5.74) is 1.48. The van der Waals surface area contributed by atoms with E-state index in [1.165, 1.54) is 22.7 Å². The van der Waals surface area contributed by atoms with E-state index in [0.717, 1.165) is 19.8 Å². The van der Waals surface area contributed by atoms with Crippen LogP contribution in [0.4, 0.5) is 5.13 Å². The van der Waals surface area contributed by atoms with Crippen molar-refractivity contribution in [3.05, 3.63) is 39.0 Å². The fraction of sp³-hybridized carbons (Fsp3) is 0.143. The highest BCUT2D eigenvalue weighted by molar-refractivity contribution is 9.11. The van der Waals surface area contributed by atoms with Crippen LogP contribution in [0.3, 0.4) is 0 Å². The molecule has 0 fully saturated rings. The van der Waals surface area contributed by atoms with E-state index in [2.05, 4.69) is 26.2 Å². The zero-order chi connectivity index (χ0) is 14.8. The maximum absolute atomic E-state index is 12.1. The molecule has 4 nitrogen and oxygen atoms in total. The molecule has 0 aliphatic carbocycles. The number of amides is 1. The van der Waals surface area contributed by atoms with Gasteiger partial charge in [-0.05, 0) is 47.1 Å². The lowest BCUT2D eigenvalue weighted by atomic mass is 10.3. The van der Waals surface area contributed by atoms with Crippen LogP contribution in [0.25, 0.3) is 10.2 Å². The van der Waals surface area contributed by atoms with Gasteiger partial charge in [-0.15, -0.1) is 11.3 Å². The Labute approximate surface area is 137 Å². The number of carbonyl (C=O) groups excluding carboxylic acids is 1. The van der Waals surface area contributed by atoms with Gasteiger partial charge < -0.3 is 4.74 Å². The maximum Gasteiger partial charge on any atom is 0.258 e. The summed E-state index contributed by atoms with van der Waals surface area (Å²) < 4.78 is 7.38. The minimum Gasteiger partial charge on any atom is -0.494 e. The monoisotopic (exact) mass is 382 g/mol. The number of benzene rings is 1. The van der Waals surface area contributed by atoms with Crippen LogP contribution >= 0.6 is 38.6 Å². The third kappa shape index (κ3) is 3.25. The highest BCUT2D eigenvalue weighted by Crippen LogP contribution is 2.30. The molecular formula is C14H11BrN2O2S2. The molecule has 2 heterocycles. The smallest absolute Gasteiger partial charge is 0.258 e. The van der Waals surface area contributed by atoms with Crippen molar-refractivity contribution < 1.29 is 9.53 Å². The largest absolute Gasteiger partial charge is 0.494 e. The first-order chi connectivity index (χ1) is 10.2. The Kier molecular flexibility index (Phi) is 4.23. The van der Waals surface area contributed by atoms with Gasteiger partial charge in [0.15, 0.2) is 5.13 Å². The standard InChI is InChI=1S/C14H11BrN2O2S2/c1-2-19-9-3-4-10-11(6-9)21-14(16-10)17-13(18)8-5-12(15)20-7-8/h3-7H,2H2,1H3,(H,16,17,18). The Morgan fingerprint density at radius 2 is 2.29 bits per heavy atom. The number of fused-ring (bicyclic) bond motifs is 1. The number of thiazole rings is 1. The molecule has 0 radical (unpaired) electrons. The van der Waals surface area contributed by atoms with Crippen LogP contribution in [0.1, 0.15) is 17.3 Å². The first-order valence-corrected chi connectivity index (χ1v) is 8.73. The van der Waals surface area contributed by atoms with Gasteiger partial charge in [-0.2, -0.15) is 0 Å². The average molecular weight is 383 g/mol. The zero-order valence-corrected chi connectivity index (χ0v) is 14.3. The Morgan fingerprint density at radius 3 is 3.00 bits per heavy atom. The summed E-state index contributed by atoms with van der Waals surface area (Å²) in [4.78, 5) is 16.5. The van der Waals surface area contributed by atoms with E-state index >= 15 is 0 Å². The van der Waals surface area contributed by atoms with E-state index < -0.39 is 0 Å². The van der Waals surface area contributed by atoms with Crippen LogP contribution < -0.4 is 10.1 Å². The third-order valence-corrected chi connectivity index (χ3v) is 5.16. The molecule has 1 amide bonds. The summed E-state index contributed by atoms with van der Waals surface area (Å²) in [5.74, 6) is 0.661. The van der Waals surface area contributed by atoms with Gasteiger partial charge in [0.1, 0.15) is 5.75 Å². The first kappa shape index (κ1) is 14.5. The number of nitrogens with one attached hydrogen (secondary N) is 1. The van der Waals surface area contributed by atoms with Crippen LogP contribution in [0.2, 0.25) is 0 Å². The molecule has 0 bridgehead atoms. The molecule has 0 atom stereocenters. The Hall–Kier alpha value is -1.44. The highest BCUT2D eigenvalue weighted by atomic mass is 79.9. The number of aromatic nitrogens is 1. The number of rotatable bonds is 4. The fourth-order valence-electron chi connectivity index (χ4n) is 1.81. The van der Waals surface area contributed by atoms with E-state index in [0.29, 0.717) is 17.3 Å². The molecule has 0 aliphatic heterocycles. The van der Waals surface area contributed by atoms with Gasteiger partial charge in [-0.25, -0.2) is 4.98 Å². The van der Waals surface area contributed by atoms with Crippen molar-refractivity contribution in [1.29, 1.82) is 0 Å². The second-order valence-electron chi connectivity index (χ2n) is 4.18. The molecule has 1 aromatic carbocycles. The van der Waals surface area contributed by atoms with Gasteiger partial charge >= 0.3 is 0 Å². The highest BCUT2D eigenvalue weighted by Gasteiger charge is 2.11. The van der Waals surface area contributed by atoms with Gasteiger partial charge in [-0.3, -0.25) is 10.1 Å². The van der Waals surface area contributed by atoms with Crippen LogP contribution in [0, 0.1) is 0 Å². The number of nitrogens with zero attached hydrogens (tertiary/aromatic N) is 1. The predicted molar refractivity (Wildman–Crippen MR) is 90.8 cm³/mol. The Balaban J connectivity index is 1.82. The van der Waals surface area contributed by atoms with Gasteiger partial charge in [0, 0.05) is 5.38 Å². The summed E-state index contributed by atoms with van der Waals surface area (Å²) in [5, 5.41) is 5.22. The first-order valence-electron chi connectivity index (χ1n) is 6.24. The molecule has 0 aliphatic rings. The van der Waals surface area contributed by atoms with Crippen molar-refractivity contribution in [2.45, 2.75) is 6.92 Å². The number of ether oxygens (including phenoxy) is 1. The third-order valence-electron chi connectivity index (χ3n) is 2.72. The van der Waals surface area contributed by atoms with Gasteiger partial charge in [0.2, 0.25) is 0 Å². The normalized spacial score (nSPS) is 10.8. The minimum atomic E-state index is -0.152. The molecule has 2 aromatic heterocycles. The minimum absolute atomic E-state index is 0.152. The van der Waals surface area contributed by atoms with E-state index in [9.17, 15) is 4.79 Å². The molecule has 0 spiro atoms. The molecule has 21 heavy (non-hydrogen) atoms. The van der Waals surface area contributed by atoms with Gasteiger partial charge in [-0.1, -0.05) is 11.3 Å². The number of carbonyl (C=O) groups is 1. The molecule has 7 heteroatoms. The molecule has 3 rings (SSSR count). The van der Waals surface area contributed by atoms with Crippen molar-refractivity contribution >= 4 is 59.9 Å². The number of hydrogen-bond acceptors (Lipinski definition) is 5. The van der Waals surface area contributed by atoms with Crippen molar-refractivity contribution in [3.63, 3.8) is 0 Å². The fourth-order valence-corrected chi connectivity index (χ4v) is 3.84. The van der Waals surface area contributed by atoms with Crippen LogP contribution in [-0.4, -0.2) is 17.5 Å². The summed E-state index contributed by atoms with van der Waals surface area (Å²) >= 11 is 6.26. The number of hydrogen-bond donors (Lipinski definition) is 1. The number of thiophene rings is 1. The zero-order valence-electron chi connectivity index (χ0n) is 11.1. The maximum atomic E-state index is 12.1. The van der Waals surface area contributed by atoms with E-state index in [1.54, 1.807) is 11.4 Å². The van der Waals surface area contributed by atoms with Gasteiger partial charge in [0.05, 0.1) is 26.2 Å². The van der Waals surface area contributed by atoms with Crippen LogP contribution in [0.15, 0.2) is 33.4 Å². The van der Waals surface area contributed by atoms with E-state index in [4.69, 9.17) is 4.74 Å². The summed E-state index contributed by atoms with van der Waals surface area (Å²) in [7, 11) is 0. The molecule has 0 saturated carbocycles. The quantitative estimate of drug-likeness (QED) is 0.706. The summed E-state index contributed by atoms with van der Waals surface area (Å²) in [6.07, 6.45) is 0. The summed E-state index contributed by atoms with van der Waals surface area (Å²) in [6, 6.07) is 7.51. The average Bonchev–Trinajstić information content (AvgIpc) is 3.04. The molecule has 0 unspecified atom stereocenters. The number of halogens is 1. The Bertz CT molecular complexity index is 797. The van der Waals surface area contributed by atoms with E-state index in [1.807, 2.05) is 25.1 Å². The Morgan fingerprint density at radius 1 is 1.43 bits per heavy atom. The lowest BCUT2D eigenvalue weighted by Crippen LogP contribution is -2.10. The number of anilines is 1. The SMILES string of the molecule is CCOc1ccc2nc(NC(=O)c3csc(Br)c3)sc2c1. The van der Waals surface area contributed by atoms with Crippen LogP contribution in [0.5, 0.6) is 5.75 Å². The second kappa shape index (κ2) is 6.13. The summed E-state index contributed by atoms with van der Waals surface area (Å²) in [6.45, 7) is 2.57. The van der Waals surface area contributed by atoms with Crippen molar-refractivity contribution in [1.82, 2.24) is 4.98 Å². The molecule has 108 valence electrons. The van der Waals surface area contributed by atoms with Crippen molar-refractivity contribution in [2.24, 2.45) is 0 Å². The molecular weight excluding hydrogens is 372 g/mol. The van der Waals surface area contributed by atoms with E-state index in [-0.39, 0.29) is 5.91 Å². The van der Waals surface area contributed by atoms with Crippen LogP contribution in [-0.2, 0) is 0 Å². The molecule has 0 saturated heterocycles. The second-order valence-corrected chi connectivity index (χ2v) is 7.50. The molecule has 3 aromatic rings. The molecule has 1 N–H and O–H groups in total. The predicted octanol–water partition coefficient (Wildman–Crippen LogP) is 4.77. The lowest BCUT2D eigenvalue weighted by molar-refractivity contribution is 0.102. The van der Waals surface area contributed by atoms with Crippen molar-refractivity contribution in [3.8, 4) is 5.75 Å². The van der Waals surface area contributed by atoms with Crippen molar-refractivity contribution in [2.75, 3.05) is 11.9 Å². The topological polar surface area (TPSA) is 51.2 Å². The lowest BCUT2D eigenvalue weighted by Gasteiger charge is -2.00. The van der Waals surface area contributed by atoms with Gasteiger partial charge in [0.25, 0.3) is 5.91 Å².